The fraction of sp³-hybridized carbons (Fsp3) is 0.167. The Balaban J connectivity index is 2.33. The van der Waals surface area contributed by atoms with Gasteiger partial charge in [0.1, 0.15) is 0 Å². The zero-order valence-corrected chi connectivity index (χ0v) is 11.9. The van der Waals surface area contributed by atoms with Gasteiger partial charge in [-0.1, -0.05) is 12.1 Å². The number of carbonyl (C=O) groups is 1. The van der Waals surface area contributed by atoms with Crippen LogP contribution in [0.1, 0.15) is 5.56 Å². The number of nitrogens with zero attached hydrogens (tertiary/aromatic N) is 2. The summed E-state index contributed by atoms with van der Waals surface area (Å²) in [6.07, 6.45) is 1.32. The number of hydrogen-bond acceptors (Lipinski definition) is 5. The molecule has 0 fully saturated rings. The SMILES string of the molecule is NC(=O)CN(Cc1cccc(N)c1)S(=O)(=O)c1ccn[nH]1. The molecule has 0 unspecified atom stereocenters. The second-order valence-corrected chi connectivity index (χ2v) is 6.31. The minimum absolute atomic E-state index is 0.0185. The fourth-order valence-corrected chi connectivity index (χ4v) is 3.12. The van der Waals surface area contributed by atoms with Crippen LogP contribution < -0.4 is 11.5 Å². The second kappa shape index (κ2) is 5.94. The normalized spacial score (nSPS) is 11.7. The number of sulfonamides is 1. The molecule has 0 saturated heterocycles. The Morgan fingerprint density at radius 2 is 2.10 bits per heavy atom. The molecular weight excluding hydrogens is 294 g/mol. The van der Waals surface area contributed by atoms with Crippen molar-refractivity contribution in [3.05, 3.63) is 42.1 Å². The number of carbonyl (C=O) groups excluding carboxylic acids is 1. The van der Waals surface area contributed by atoms with Gasteiger partial charge >= 0.3 is 0 Å². The molecular formula is C12H15N5O3S. The lowest BCUT2D eigenvalue weighted by molar-refractivity contribution is -0.118. The molecule has 0 spiro atoms. The summed E-state index contributed by atoms with van der Waals surface area (Å²) in [4.78, 5) is 11.1. The zero-order chi connectivity index (χ0) is 15.5. The van der Waals surface area contributed by atoms with E-state index in [-0.39, 0.29) is 11.6 Å². The first kappa shape index (κ1) is 15.0. The first-order valence-electron chi connectivity index (χ1n) is 6.02. The average Bonchev–Trinajstić information content (AvgIpc) is 2.92. The lowest BCUT2D eigenvalue weighted by Crippen LogP contribution is -2.38. The van der Waals surface area contributed by atoms with Crippen LogP contribution in [-0.4, -0.2) is 35.4 Å². The van der Waals surface area contributed by atoms with E-state index in [1.165, 1.54) is 12.3 Å². The van der Waals surface area contributed by atoms with Gasteiger partial charge in [0.25, 0.3) is 10.0 Å². The largest absolute Gasteiger partial charge is 0.399 e. The van der Waals surface area contributed by atoms with Crippen LogP contribution in [0, 0.1) is 0 Å². The van der Waals surface area contributed by atoms with Crippen molar-refractivity contribution in [2.75, 3.05) is 12.3 Å². The number of amides is 1. The van der Waals surface area contributed by atoms with Crippen LogP contribution in [0.3, 0.4) is 0 Å². The van der Waals surface area contributed by atoms with Gasteiger partial charge in [0, 0.05) is 12.2 Å². The number of H-pyrrole nitrogens is 1. The summed E-state index contributed by atoms with van der Waals surface area (Å²) in [7, 11) is -3.89. The Morgan fingerprint density at radius 1 is 1.33 bits per heavy atom. The maximum absolute atomic E-state index is 12.4. The molecule has 1 heterocycles. The molecule has 0 aliphatic rings. The van der Waals surface area contributed by atoms with Crippen molar-refractivity contribution in [2.45, 2.75) is 11.6 Å². The Hall–Kier alpha value is -2.39. The Kier molecular flexibility index (Phi) is 4.24. The van der Waals surface area contributed by atoms with Gasteiger partial charge in [-0.05, 0) is 23.8 Å². The lowest BCUT2D eigenvalue weighted by Gasteiger charge is -2.20. The predicted octanol–water partition coefficient (Wildman–Crippen LogP) is -0.332. The third-order valence-corrected chi connectivity index (χ3v) is 4.46. The van der Waals surface area contributed by atoms with E-state index in [1.54, 1.807) is 24.3 Å². The van der Waals surface area contributed by atoms with Crippen molar-refractivity contribution in [1.29, 1.82) is 0 Å². The Morgan fingerprint density at radius 3 is 2.67 bits per heavy atom. The minimum atomic E-state index is -3.89. The second-order valence-electron chi connectivity index (χ2n) is 4.41. The number of aromatic amines is 1. The van der Waals surface area contributed by atoms with Gasteiger partial charge in [-0.15, -0.1) is 0 Å². The van der Waals surface area contributed by atoms with E-state index in [0.717, 1.165) is 4.31 Å². The van der Waals surface area contributed by atoms with Gasteiger partial charge in [-0.3, -0.25) is 9.89 Å². The van der Waals surface area contributed by atoms with Gasteiger partial charge in [0.15, 0.2) is 5.03 Å². The molecule has 21 heavy (non-hydrogen) atoms. The lowest BCUT2D eigenvalue weighted by atomic mass is 10.2. The van der Waals surface area contributed by atoms with E-state index in [1.807, 2.05) is 0 Å². The van der Waals surface area contributed by atoms with E-state index in [2.05, 4.69) is 10.2 Å². The van der Waals surface area contributed by atoms with Crippen molar-refractivity contribution in [1.82, 2.24) is 14.5 Å². The van der Waals surface area contributed by atoms with E-state index < -0.39 is 22.5 Å². The standard InChI is InChI=1S/C12H15N5O3S/c13-10-3-1-2-9(6-10)7-17(8-11(14)18)21(19,20)12-4-5-15-16-12/h1-6H,7-8,13H2,(H2,14,18)(H,15,16). The topological polar surface area (TPSA) is 135 Å². The molecule has 8 nitrogen and oxygen atoms in total. The summed E-state index contributed by atoms with van der Waals surface area (Å²) >= 11 is 0. The molecule has 0 saturated carbocycles. The summed E-state index contributed by atoms with van der Waals surface area (Å²) in [5.74, 6) is -0.748. The van der Waals surface area contributed by atoms with Crippen LogP contribution >= 0.6 is 0 Å². The number of nitrogen functional groups attached to an aromatic ring is 1. The quantitative estimate of drug-likeness (QED) is 0.628. The van der Waals surface area contributed by atoms with Crippen molar-refractivity contribution < 1.29 is 13.2 Å². The van der Waals surface area contributed by atoms with Crippen molar-refractivity contribution in [2.24, 2.45) is 5.73 Å². The Bertz CT molecular complexity index is 727. The molecule has 112 valence electrons. The van der Waals surface area contributed by atoms with Crippen LogP contribution in [0.25, 0.3) is 0 Å². The van der Waals surface area contributed by atoms with E-state index in [4.69, 9.17) is 11.5 Å². The smallest absolute Gasteiger partial charge is 0.260 e. The summed E-state index contributed by atoms with van der Waals surface area (Å²) in [5.41, 5.74) is 12.0. The van der Waals surface area contributed by atoms with Crippen molar-refractivity contribution in [3.8, 4) is 0 Å². The van der Waals surface area contributed by atoms with Gasteiger partial charge < -0.3 is 11.5 Å². The van der Waals surface area contributed by atoms with Crippen LogP contribution in [0.2, 0.25) is 0 Å². The number of primary amides is 1. The van der Waals surface area contributed by atoms with Crippen LogP contribution in [-0.2, 0) is 21.4 Å². The number of anilines is 1. The van der Waals surface area contributed by atoms with Crippen LogP contribution in [0.15, 0.2) is 41.6 Å². The highest BCUT2D eigenvalue weighted by Crippen LogP contribution is 2.17. The first-order chi connectivity index (χ1) is 9.89. The fourth-order valence-electron chi connectivity index (χ4n) is 1.82. The highest BCUT2D eigenvalue weighted by atomic mass is 32.2. The van der Waals surface area contributed by atoms with Crippen LogP contribution in [0.4, 0.5) is 5.69 Å². The summed E-state index contributed by atoms with van der Waals surface area (Å²) in [5, 5.41) is 5.87. The van der Waals surface area contributed by atoms with Gasteiger partial charge in [0.2, 0.25) is 5.91 Å². The summed E-state index contributed by atoms with van der Waals surface area (Å²) in [6.45, 7) is -0.453. The molecule has 1 aromatic carbocycles. The third kappa shape index (κ3) is 3.58. The number of rotatable bonds is 6. The maximum atomic E-state index is 12.4. The van der Waals surface area contributed by atoms with E-state index in [9.17, 15) is 13.2 Å². The molecule has 0 bridgehead atoms. The molecule has 2 aromatic rings. The molecule has 5 N–H and O–H groups in total. The average molecular weight is 309 g/mol. The third-order valence-electron chi connectivity index (χ3n) is 2.74. The molecule has 9 heteroatoms. The molecule has 0 atom stereocenters. The predicted molar refractivity (Wildman–Crippen MR) is 76.2 cm³/mol. The van der Waals surface area contributed by atoms with E-state index in [0.29, 0.717) is 11.3 Å². The number of nitrogens with two attached hydrogens (primary N) is 2. The van der Waals surface area contributed by atoms with Crippen LogP contribution in [0.5, 0.6) is 0 Å². The zero-order valence-electron chi connectivity index (χ0n) is 11.1. The molecule has 1 aromatic heterocycles. The molecule has 0 aliphatic carbocycles. The molecule has 0 aliphatic heterocycles. The monoisotopic (exact) mass is 309 g/mol. The number of aromatic nitrogens is 2. The molecule has 0 radical (unpaired) electrons. The van der Waals surface area contributed by atoms with Gasteiger partial charge in [-0.2, -0.15) is 9.40 Å². The summed E-state index contributed by atoms with van der Waals surface area (Å²) in [6, 6.07) is 8.05. The number of benzene rings is 1. The van der Waals surface area contributed by atoms with Crippen molar-refractivity contribution in [3.63, 3.8) is 0 Å². The summed E-state index contributed by atoms with van der Waals surface area (Å²) < 4.78 is 25.8. The first-order valence-corrected chi connectivity index (χ1v) is 7.46. The number of nitrogens with one attached hydrogen (secondary N) is 1. The maximum Gasteiger partial charge on any atom is 0.260 e. The highest BCUT2D eigenvalue weighted by Gasteiger charge is 2.27. The van der Waals surface area contributed by atoms with Gasteiger partial charge in [-0.25, -0.2) is 8.42 Å². The molecule has 2 rings (SSSR count). The molecule has 1 amide bonds. The Labute approximate surface area is 121 Å². The van der Waals surface area contributed by atoms with Gasteiger partial charge in [0.05, 0.1) is 12.7 Å². The van der Waals surface area contributed by atoms with E-state index >= 15 is 0 Å². The highest BCUT2D eigenvalue weighted by molar-refractivity contribution is 7.89. The minimum Gasteiger partial charge on any atom is -0.399 e. The number of hydrogen-bond donors (Lipinski definition) is 3. The van der Waals surface area contributed by atoms with Crippen molar-refractivity contribution >= 4 is 21.6 Å².